The maximum atomic E-state index is 12.9. The minimum Gasteiger partial charge on any atom is -0.306 e. The molecule has 0 saturated carbocycles. The molecule has 0 saturated heterocycles. The zero-order valence-electron chi connectivity index (χ0n) is 17.8. The molecule has 29 heavy (non-hydrogen) atoms. The van der Waals surface area contributed by atoms with Gasteiger partial charge in [0.2, 0.25) is 0 Å². The van der Waals surface area contributed by atoms with E-state index < -0.39 is 0 Å². The number of rotatable bonds is 7. The Kier molecular flexibility index (Phi) is 6.58. The molecule has 1 atom stereocenters. The molecule has 1 heterocycles. The van der Waals surface area contributed by atoms with Crippen molar-refractivity contribution in [1.29, 1.82) is 0 Å². The molecule has 0 aliphatic heterocycles. The highest BCUT2D eigenvalue weighted by atomic mass is 32.2. The van der Waals surface area contributed by atoms with Crippen LogP contribution in [0.25, 0.3) is 0 Å². The van der Waals surface area contributed by atoms with Crippen LogP contribution in [0.5, 0.6) is 0 Å². The van der Waals surface area contributed by atoms with Crippen LogP contribution in [0.1, 0.15) is 61.9 Å². The topological polar surface area (TPSA) is 47.8 Å². The van der Waals surface area contributed by atoms with E-state index >= 15 is 0 Å². The summed E-state index contributed by atoms with van der Waals surface area (Å²) in [6.45, 7) is 11.3. The van der Waals surface area contributed by atoms with E-state index in [1.54, 1.807) is 0 Å². The maximum Gasteiger partial charge on any atom is 0.191 e. The second-order valence-corrected chi connectivity index (χ2v) is 9.57. The van der Waals surface area contributed by atoms with Crippen LogP contribution in [0.4, 0.5) is 0 Å². The zero-order valence-corrected chi connectivity index (χ0v) is 18.7. The molecule has 0 N–H and O–H groups in total. The highest BCUT2D eigenvalue weighted by molar-refractivity contribution is 8.00. The summed E-state index contributed by atoms with van der Waals surface area (Å²) in [5.41, 5.74) is 3.25. The molecular formula is C24H29N3OS. The van der Waals surface area contributed by atoms with E-state index in [-0.39, 0.29) is 16.4 Å². The third-order valence-electron chi connectivity index (χ3n) is 5.00. The van der Waals surface area contributed by atoms with Crippen molar-refractivity contribution in [3.8, 4) is 0 Å². The Balaban J connectivity index is 1.73. The van der Waals surface area contributed by atoms with Crippen molar-refractivity contribution >= 4 is 17.5 Å². The molecule has 2 aromatic carbocycles. The van der Waals surface area contributed by atoms with Crippen molar-refractivity contribution in [3.05, 3.63) is 77.1 Å². The second-order valence-electron chi connectivity index (χ2n) is 8.26. The van der Waals surface area contributed by atoms with Crippen molar-refractivity contribution in [3.63, 3.8) is 0 Å². The van der Waals surface area contributed by atoms with E-state index in [1.807, 2.05) is 37.3 Å². The average molecular weight is 408 g/mol. The van der Waals surface area contributed by atoms with E-state index in [4.69, 9.17) is 0 Å². The largest absolute Gasteiger partial charge is 0.306 e. The van der Waals surface area contributed by atoms with Gasteiger partial charge in [-0.15, -0.1) is 10.2 Å². The van der Waals surface area contributed by atoms with Crippen molar-refractivity contribution in [2.45, 2.75) is 63.4 Å². The average Bonchev–Trinajstić information content (AvgIpc) is 3.08. The van der Waals surface area contributed by atoms with Gasteiger partial charge in [-0.25, -0.2) is 0 Å². The van der Waals surface area contributed by atoms with Crippen LogP contribution in [0, 0.1) is 0 Å². The summed E-state index contributed by atoms with van der Waals surface area (Å²) >= 11 is 1.48. The van der Waals surface area contributed by atoms with Gasteiger partial charge in [0.1, 0.15) is 5.82 Å². The highest BCUT2D eigenvalue weighted by Crippen LogP contribution is 2.27. The Morgan fingerprint density at radius 3 is 2.28 bits per heavy atom. The summed E-state index contributed by atoms with van der Waals surface area (Å²) in [5.74, 6) is 1.04. The van der Waals surface area contributed by atoms with Gasteiger partial charge in [0.25, 0.3) is 0 Å². The number of benzene rings is 2. The first-order valence-electron chi connectivity index (χ1n) is 10.1. The lowest BCUT2D eigenvalue weighted by Crippen LogP contribution is -2.16. The van der Waals surface area contributed by atoms with Gasteiger partial charge in [-0.2, -0.15) is 0 Å². The van der Waals surface area contributed by atoms with Gasteiger partial charge >= 0.3 is 0 Å². The van der Waals surface area contributed by atoms with Crippen molar-refractivity contribution in [2.24, 2.45) is 0 Å². The molecule has 0 spiro atoms. The van der Waals surface area contributed by atoms with E-state index in [1.165, 1.54) is 22.9 Å². The number of hydrogen-bond acceptors (Lipinski definition) is 4. The Hall–Kier alpha value is -2.40. The maximum absolute atomic E-state index is 12.9. The van der Waals surface area contributed by atoms with Crippen molar-refractivity contribution in [1.82, 2.24) is 14.8 Å². The third kappa shape index (κ3) is 5.15. The third-order valence-corrected chi connectivity index (χ3v) is 6.08. The van der Waals surface area contributed by atoms with Crippen LogP contribution in [-0.2, 0) is 18.4 Å². The van der Waals surface area contributed by atoms with Gasteiger partial charge in [-0.1, -0.05) is 87.1 Å². The minimum atomic E-state index is -0.227. The normalized spacial score (nSPS) is 12.7. The van der Waals surface area contributed by atoms with E-state index in [2.05, 4.69) is 66.7 Å². The first-order chi connectivity index (χ1) is 13.8. The molecule has 5 heteroatoms. The van der Waals surface area contributed by atoms with Crippen LogP contribution in [0.15, 0.2) is 59.8 Å². The minimum absolute atomic E-state index is 0.0780. The summed E-state index contributed by atoms with van der Waals surface area (Å²) in [7, 11) is 0. The van der Waals surface area contributed by atoms with E-state index in [0.29, 0.717) is 0 Å². The lowest BCUT2D eigenvalue weighted by atomic mass is 9.86. The van der Waals surface area contributed by atoms with Crippen LogP contribution in [0.2, 0.25) is 0 Å². The smallest absolute Gasteiger partial charge is 0.191 e. The molecule has 0 aliphatic rings. The molecule has 3 rings (SSSR count). The fourth-order valence-corrected chi connectivity index (χ4v) is 4.22. The fourth-order valence-electron chi connectivity index (χ4n) is 3.21. The predicted molar refractivity (Wildman–Crippen MR) is 120 cm³/mol. The van der Waals surface area contributed by atoms with E-state index in [9.17, 15) is 4.79 Å². The SMILES string of the molecule is CCn1c(Cc2ccccc2)nnc1SC(C)C(=O)c1ccc(C(C)(C)C)cc1. The summed E-state index contributed by atoms with van der Waals surface area (Å²) in [6.07, 6.45) is 0.735. The molecule has 0 bridgehead atoms. The molecule has 152 valence electrons. The Bertz CT molecular complexity index is 956. The van der Waals surface area contributed by atoms with Crippen LogP contribution in [0.3, 0.4) is 0 Å². The van der Waals surface area contributed by atoms with Crippen LogP contribution in [-0.4, -0.2) is 25.8 Å². The quantitative estimate of drug-likeness (QED) is 0.380. The summed E-state index contributed by atoms with van der Waals surface area (Å²) in [4.78, 5) is 12.9. The molecule has 0 fully saturated rings. The van der Waals surface area contributed by atoms with Gasteiger partial charge in [-0.3, -0.25) is 4.79 Å². The van der Waals surface area contributed by atoms with Gasteiger partial charge in [-0.05, 0) is 30.4 Å². The number of hydrogen-bond donors (Lipinski definition) is 0. The lowest BCUT2D eigenvalue weighted by molar-refractivity contribution is 0.0993. The molecule has 1 aromatic heterocycles. The number of ketones is 1. The molecule has 1 unspecified atom stereocenters. The summed E-state index contributed by atoms with van der Waals surface area (Å²) in [5, 5.41) is 9.33. The van der Waals surface area contributed by atoms with Gasteiger partial charge in [0.15, 0.2) is 10.9 Å². The van der Waals surface area contributed by atoms with Crippen LogP contribution >= 0.6 is 11.8 Å². The second kappa shape index (κ2) is 8.95. The van der Waals surface area contributed by atoms with Gasteiger partial charge < -0.3 is 4.57 Å². The number of carbonyl (C=O) groups excluding carboxylic acids is 1. The van der Waals surface area contributed by atoms with E-state index in [0.717, 1.165) is 29.5 Å². The highest BCUT2D eigenvalue weighted by Gasteiger charge is 2.22. The molecular weight excluding hydrogens is 378 g/mol. The number of carbonyl (C=O) groups is 1. The summed E-state index contributed by atoms with van der Waals surface area (Å²) in [6, 6.07) is 18.2. The number of Topliss-reactive ketones (excluding diaryl/α,β-unsaturated/α-hetero) is 1. The standard InChI is InChI=1S/C24H29N3OS/c1-6-27-21(16-18-10-8-7-9-11-18)25-26-23(27)29-17(2)22(28)19-12-14-20(15-13-19)24(3,4)5/h7-15,17H,6,16H2,1-5H3. The monoisotopic (exact) mass is 407 g/mol. The Morgan fingerprint density at radius 1 is 1.03 bits per heavy atom. The van der Waals surface area contributed by atoms with Crippen LogP contribution < -0.4 is 0 Å². The molecule has 0 amide bonds. The fraction of sp³-hybridized carbons (Fsp3) is 0.375. The Labute approximate surface area is 177 Å². The zero-order chi connectivity index (χ0) is 21.0. The summed E-state index contributed by atoms with van der Waals surface area (Å²) < 4.78 is 2.10. The number of aromatic nitrogens is 3. The molecule has 0 radical (unpaired) electrons. The number of nitrogens with zero attached hydrogens (tertiary/aromatic N) is 3. The predicted octanol–water partition coefficient (Wildman–Crippen LogP) is 5.55. The van der Waals surface area contributed by atoms with Crippen molar-refractivity contribution < 1.29 is 4.79 Å². The first-order valence-corrected chi connectivity index (χ1v) is 10.9. The van der Waals surface area contributed by atoms with Gasteiger partial charge in [0, 0.05) is 18.5 Å². The van der Waals surface area contributed by atoms with Gasteiger partial charge in [0.05, 0.1) is 5.25 Å². The molecule has 4 nitrogen and oxygen atoms in total. The molecule has 3 aromatic rings. The molecule has 0 aliphatic carbocycles. The Morgan fingerprint density at radius 2 is 1.69 bits per heavy atom. The number of thioether (sulfide) groups is 1. The van der Waals surface area contributed by atoms with Crippen molar-refractivity contribution in [2.75, 3.05) is 0 Å². The lowest BCUT2D eigenvalue weighted by Gasteiger charge is -2.19. The first kappa shape index (κ1) is 21.3.